The normalized spacial score (nSPS) is 19.8. The third-order valence-electron chi connectivity index (χ3n) is 7.23. The summed E-state index contributed by atoms with van der Waals surface area (Å²) in [7, 11) is 0. The average Bonchev–Trinajstić information content (AvgIpc) is 2.91. The molecule has 2 aliphatic rings. The number of benzene rings is 2. The van der Waals surface area contributed by atoms with Gasteiger partial charge in [0.1, 0.15) is 12.2 Å². The number of hydrogen-bond acceptors (Lipinski definition) is 4. The van der Waals surface area contributed by atoms with E-state index in [4.69, 9.17) is 5.73 Å². The summed E-state index contributed by atoms with van der Waals surface area (Å²) in [5, 5.41) is 2.72. The lowest BCUT2D eigenvalue weighted by Crippen LogP contribution is -2.71. The van der Waals surface area contributed by atoms with E-state index < -0.39 is 30.0 Å². The van der Waals surface area contributed by atoms with E-state index in [1.54, 1.807) is 24.8 Å². The summed E-state index contributed by atoms with van der Waals surface area (Å²) in [6, 6.07) is 11.8. The highest BCUT2D eigenvalue weighted by Gasteiger charge is 2.48. The number of nitrogens with one attached hydrogen (secondary N) is 1. The summed E-state index contributed by atoms with van der Waals surface area (Å²) in [6.45, 7) is 4.08. The highest BCUT2D eigenvalue weighted by atomic mass is 19.4. The molecule has 0 aliphatic carbocycles. The van der Waals surface area contributed by atoms with Gasteiger partial charge in [-0.1, -0.05) is 42.0 Å². The Morgan fingerprint density at radius 1 is 1.12 bits per heavy atom. The topological polar surface area (TPSA) is 111 Å². The van der Waals surface area contributed by atoms with Crippen molar-refractivity contribution in [2.75, 3.05) is 19.6 Å². The maximum atomic E-state index is 13.7. The zero-order chi connectivity index (χ0) is 29.7. The molecule has 0 bridgehead atoms. The second-order valence-corrected chi connectivity index (χ2v) is 10.5. The lowest BCUT2D eigenvalue weighted by Gasteiger charge is -2.52. The molecule has 4 amide bonds. The summed E-state index contributed by atoms with van der Waals surface area (Å²) < 4.78 is 39.9. The van der Waals surface area contributed by atoms with Crippen molar-refractivity contribution in [3.63, 3.8) is 0 Å². The van der Waals surface area contributed by atoms with Crippen LogP contribution in [-0.4, -0.2) is 70.2 Å². The Balaban J connectivity index is 1.55. The maximum absolute atomic E-state index is 13.7. The second-order valence-electron chi connectivity index (χ2n) is 10.5. The van der Waals surface area contributed by atoms with E-state index in [2.05, 4.69) is 10.3 Å². The maximum Gasteiger partial charge on any atom is 0.416 e. The van der Waals surface area contributed by atoms with Crippen LogP contribution in [0, 0.1) is 6.92 Å². The van der Waals surface area contributed by atoms with E-state index in [1.807, 2.05) is 30.3 Å². The fourth-order valence-electron chi connectivity index (χ4n) is 5.39. The molecule has 12 heteroatoms. The van der Waals surface area contributed by atoms with Crippen LogP contribution in [0.15, 0.2) is 53.5 Å². The lowest BCUT2D eigenvalue weighted by atomic mass is 9.99. The van der Waals surface area contributed by atoms with Crippen molar-refractivity contribution < 1.29 is 27.6 Å². The molecule has 1 unspecified atom stereocenters. The molecule has 2 fully saturated rings. The molecular weight excluding hydrogens is 537 g/mol. The van der Waals surface area contributed by atoms with Crippen molar-refractivity contribution in [2.45, 2.75) is 64.6 Å². The molecule has 4 rings (SSSR count). The van der Waals surface area contributed by atoms with Gasteiger partial charge in [-0.2, -0.15) is 13.2 Å². The molecular formula is C29H35F3N6O3. The number of carbonyl (C=O) groups is 3. The lowest BCUT2D eigenvalue weighted by molar-refractivity contribution is -0.167. The van der Waals surface area contributed by atoms with Crippen LogP contribution in [0.5, 0.6) is 0 Å². The van der Waals surface area contributed by atoms with E-state index >= 15 is 0 Å². The number of nitrogens with two attached hydrogens (primary N) is 1. The Kier molecular flexibility index (Phi) is 9.19. The van der Waals surface area contributed by atoms with Crippen LogP contribution >= 0.6 is 0 Å². The van der Waals surface area contributed by atoms with Gasteiger partial charge < -0.3 is 25.8 Å². The van der Waals surface area contributed by atoms with Crippen molar-refractivity contribution in [2.24, 2.45) is 10.7 Å². The molecule has 41 heavy (non-hydrogen) atoms. The summed E-state index contributed by atoms with van der Waals surface area (Å²) in [4.78, 5) is 49.1. The molecule has 2 aromatic rings. The van der Waals surface area contributed by atoms with Crippen molar-refractivity contribution >= 4 is 23.7 Å². The number of alkyl halides is 3. The highest BCUT2D eigenvalue weighted by Crippen LogP contribution is 2.31. The van der Waals surface area contributed by atoms with Crippen molar-refractivity contribution in [1.82, 2.24) is 20.0 Å². The quantitative estimate of drug-likeness (QED) is 0.286. The standard InChI is InChI=1S/C29H35F3N6O3/c1-19-13-22(15-23(14-19)29(30,31)32)16-35-28(41)37-12-10-26(39)38-24(9-6-11-34-20(2)33)27(40)36(18-25(37)38)17-21-7-4-3-5-8-21/h3-5,7-8,13-15,24-25H,6,9-12,16-18H2,1-2H3,(H2,33,34)(H,35,41)/t24-,25?/m0/s1. The number of amides is 4. The average molecular weight is 573 g/mol. The van der Waals surface area contributed by atoms with E-state index in [9.17, 15) is 27.6 Å². The van der Waals surface area contributed by atoms with E-state index in [0.717, 1.165) is 17.7 Å². The predicted octanol–water partition coefficient (Wildman–Crippen LogP) is 3.65. The number of urea groups is 1. The Morgan fingerprint density at radius 2 is 1.85 bits per heavy atom. The van der Waals surface area contributed by atoms with Gasteiger partial charge in [-0.25, -0.2) is 4.79 Å². The van der Waals surface area contributed by atoms with Crippen LogP contribution in [0.1, 0.15) is 48.4 Å². The minimum absolute atomic E-state index is 0.0368. The number of aliphatic imine (C=N–C) groups is 1. The van der Waals surface area contributed by atoms with Gasteiger partial charge in [0, 0.05) is 32.6 Å². The van der Waals surface area contributed by atoms with Crippen LogP contribution in [0.3, 0.4) is 0 Å². The number of piperazine rings is 1. The fourth-order valence-corrected chi connectivity index (χ4v) is 5.39. The first-order valence-electron chi connectivity index (χ1n) is 13.6. The van der Waals surface area contributed by atoms with Crippen LogP contribution < -0.4 is 11.1 Å². The molecule has 2 heterocycles. The molecule has 0 spiro atoms. The first-order chi connectivity index (χ1) is 19.4. The molecule has 220 valence electrons. The fraction of sp³-hybridized carbons (Fsp3) is 0.448. The number of nitrogens with zero attached hydrogens (tertiary/aromatic N) is 4. The van der Waals surface area contributed by atoms with Crippen LogP contribution in [0.4, 0.5) is 18.0 Å². The third kappa shape index (κ3) is 7.36. The highest BCUT2D eigenvalue weighted by molar-refractivity contribution is 5.91. The number of halogens is 3. The molecule has 2 aromatic carbocycles. The van der Waals surface area contributed by atoms with Gasteiger partial charge >= 0.3 is 12.2 Å². The first kappa shape index (κ1) is 29.9. The Labute approximate surface area is 237 Å². The zero-order valence-corrected chi connectivity index (χ0v) is 23.2. The van der Waals surface area contributed by atoms with Gasteiger partial charge in [0.05, 0.1) is 17.9 Å². The van der Waals surface area contributed by atoms with Gasteiger partial charge in [-0.15, -0.1) is 0 Å². The van der Waals surface area contributed by atoms with Gasteiger partial charge in [0.25, 0.3) is 0 Å². The molecule has 3 N–H and O–H groups in total. The smallest absolute Gasteiger partial charge is 0.388 e. The number of carbonyl (C=O) groups excluding carboxylic acids is 3. The van der Waals surface area contributed by atoms with Gasteiger partial charge in [0.15, 0.2) is 0 Å². The minimum atomic E-state index is -4.50. The number of aryl methyl sites for hydroxylation is 1. The summed E-state index contributed by atoms with van der Waals surface area (Å²) in [5.41, 5.74) is 6.51. The summed E-state index contributed by atoms with van der Waals surface area (Å²) >= 11 is 0. The molecule has 2 saturated heterocycles. The molecule has 2 aliphatic heterocycles. The van der Waals surface area contributed by atoms with Crippen molar-refractivity contribution in [3.8, 4) is 0 Å². The number of hydrogen-bond donors (Lipinski definition) is 2. The Hall–Kier alpha value is -4.09. The number of rotatable bonds is 8. The molecule has 0 saturated carbocycles. The monoisotopic (exact) mass is 572 g/mol. The number of amidine groups is 1. The SMILES string of the molecule is CC(N)=NCCC[C@H]1C(=O)N(Cc2ccccc2)CC2N(C(=O)NCc3cc(C)cc(C(F)(F)F)c3)CCC(=O)N21. The van der Waals surface area contributed by atoms with Gasteiger partial charge in [0.2, 0.25) is 11.8 Å². The van der Waals surface area contributed by atoms with E-state index in [0.29, 0.717) is 42.9 Å². The van der Waals surface area contributed by atoms with Crippen LogP contribution in [0.2, 0.25) is 0 Å². The van der Waals surface area contributed by atoms with Gasteiger partial charge in [-0.05, 0) is 49.9 Å². The molecule has 2 atom stereocenters. The van der Waals surface area contributed by atoms with Crippen LogP contribution in [-0.2, 0) is 28.9 Å². The Bertz CT molecular complexity index is 1300. The van der Waals surface area contributed by atoms with Crippen molar-refractivity contribution in [3.05, 3.63) is 70.8 Å². The first-order valence-corrected chi connectivity index (χ1v) is 13.6. The van der Waals surface area contributed by atoms with Crippen LogP contribution in [0.25, 0.3) is 0 Å². The van der Waals surface area contributed by atoms with E-state index in [-0.39, 0.29) is 37.9 Å². The molecule has 0 aromatic heterocycles. The third-order valence-corrected chi connectivity index (χ3v) is 7.23. The summed E-state index contributed by atoms with van der Waals surface area (Å²) in [5.74, 6) is 0.00813. The molecule has 9 nitrogen and oxygen atoms in total. The predicted molar refractivity (Wildman–Crippen MR) is 147 cm³/mol. The van der Waals surface area contributed by atoms with Crippen molar-refractivity contribution in [1.29, 1.82) is 0 Å². The molecule has 0 radical (unpaired) electrons. The largest absolute Gasteiger partial charge is 0.416 e. The Morgan fingerprint density at radius 3 is 2.54 bits per heavy atom. The van der Waals surface area contributed by atoms with Gasteiger partial charge in [-0.3, -0.25) is 14.6 Å². The summed E-state index contributed by atoms with van der Waals surface area (Å²) in [6.07, 6.45) is -4.32. The minimum Gasteiger partial charge on any atom is -0.388 e. The number of fused-ring (bicyclic) bond motifs is 1. The van der Waals surface area contributed by atoms with E-state index in [1.165, 1.54) is 9.80 Å². The second kappa shape index (κ2) is 12.6. The zero-order valence-electron chi connectivity index (χ0n) is 23.2.